The van der Waals surface area contributed by atoms with Crippen LogP contribution in [0.5, 0.6) is 5.75 Å². The lowest BCUT2D eigenvalue weighted by molar-refractivity contribution is 0.469. The monoisotopic (exact) mass is 292 g/mol. The number of rotatable bonds is 1. The summed E-state index contributed by atoms with van der Waals surface area (Å²) in [7, 11) is 0. The van der Waals surface area contributed by atoms with E-state index in [0.29, 0.717) is 5.75 Å². The fraction of sp³-hybridized carbons (Fsp3) is 0.333. The molecule has 1 N–H and O–H groups in total. The third-order valence-corrected chi connectivity index (χ3v) is 4.31. The van der Waals surface area contributed by atoms with Gasteiger partial charge in [-0.25, -0.2) is 0 Å². The topological polar surface area (TPSA) is 20.2 Å². The first kappa shape index (κ1) is 10.1. The van der Waals surface area contributed by atoms with E-state index in [2.05, 4.69) is 38.8 Å². The van der Waals surface area contributed by atoms with Crippen LogP contribution < -0.4 is 0 Å². The number of aryl methyl sites for hydroxylation is 1. The lowest BCUT2D eigenvalue weighted by Gasteiger charge is -2.08. The summed E-state index contributed by atoms with van der Waals surface area (Å²) in [5.41, 5.74) is 1.99. The molecule has 0 amide bonds. The summed E-state index contributed by atoms with van der Waals surface area (Å²) in [6.07, 6.45) is 0.910. The number of benzene rings is 1. The Labute approximate surface area is 89.1 Å². The molecule has 0 heterocycles. The second-order valence-electron chi connectivity index (χ2n) is 2.66. The number of phenolic OH excluding ortho intramolecular Hbond substituents is 1. The van der Waals surface area contributed by atoms with Crippen molar-refractivity contribution in [1.82, 2.24) is 0 Å². The van der Waals surface area contributed by atoms with Crippen LogP contribution in [0.3, 0.4) is 0 Å². The minimum absolute atomic E-state index is 0.349. The van der Waals surface area contributed by atoms with E-state index >= 15 is 0 Å². The fourth-order valence-electron chi connectivity index (χ4n) is 1.01. The van der Waals surface area contributed by atoms with E-state index in [4.69, 9.17) is 0 Å². The zero-order chi connectivity index (χ0) is 9.30. The van der Waals surface area contributed by atoms with Crippen molar-refractivity contribution in [3.63, 3.8) is 0 Å². The Morgan fingerprint density at radius 1 is 1.33 bits per heavy atom. The van der Waals surface area contributed by atoms with E-state index in [-0.39, 0.29) is 0 Å². The van der Waals surface area contributed by atoms with Crippen molar-refractivity contribution in [2.24, 2.45) is 0 Å². The molecule has 0 aliphatic rings. The summed E-state index contributed by atoms with van der Waals surface area (Å²) >= 11 is 6.88. The molecular weight excluding hydrogens is 284 g/mol. The first-order valence-electron chi connectivity index (χ1n) is 3.74. The number of halogens is 2. The first-order chi connectivity index (χ1) is 5.57. The third kappa shape index (κ3) is 1.67. The lowest BCUT2D eigenvalue weighted by Crippen LogP contribution is -1.87. The highest BCUT2D eigenvalue weighted by Crippen LogP contribution is 2.35. The largest absolute Gasteiger partial charge is 0.508 e. The number of hydrogen-bond acceptors (Lipinski definition) is 1. The highest BCUT2D eigenvalue weighted by molar-refractivity contribution is 9.13. The molecule has 0 spiro atoms. The molecule has 0 saturated carbocycles. The Morgan fingerprint density at radius 3 is 2.42 bits per heavy atom. The summed E-state index contributed by atoms with van der Waals surface area (Å²) in [5, 5.41) is 9.49. The van der Waals surface area contributed by atoms with Crippen LogP contribution in [0.25, 0.3) is 0 Å². The number of phenols is 1. The van der Waals surface area contributed by atoms with Gasteiger partial charge in [-0.1, -0.05) is 6.92 Å². The van der Waals surface area contributed by atoms with Gasteiger partial charge in [-0.2, -0.15) is 0 Å². The predicted molar refractivity (Wildman–Crippen MR) is 57.6 cm³/mol. The van der Waals surface area contributed by atoms with Crippen LogP contribution in [0.1, 0.15) is 18.1 Å². The van der Waals surface area contributed by atoms with E-state index in [1.54, 1.807) is 6.07 Å². The highest BCUT2D eigenvalue weighted by atomic mass is 79.9. The Kier molecular flexibility index (Phi) is 3.18. The van der Waals surface area contributed by atoms with Gasteiger partial charge in [-0.05, 0) is 56.8 Å². The number of aromatic hydroxyl groups is 1. The molecule has 0 atom stereocenters. The van der Waals surface area contributed by atoms with Crippen molar-refractivity contribution in [2.45, 2.75) is 20.3 Å². The summed E-state index contributed by atoms with van der Waals surface area (Å²) in [6.45, 7) is 3.94. The molecule has 1 nitrogen and oxygen atoms in total. The standard InChI is InChI=1S/C9H10Br2O/c1-3-6-4-7(12)5(2)8(10)9(6)11/h4,12H,3H2,1-2H3. The molecule has 1 aromatic carbocycles. The quantitative estimate of drug-likeness (QED) is 0.835. The van der Waals surface area contributed by atoms with E-state index in [0.717, 1.165) is 26.5 Å². The molecule has 0 aliphatic heterocycles. The second-order valence-corrected chi connectivity index (χ2v) is 4.25. The second kappa shape index (κ2) is 3.79. The Morgan fingerprint density at radius 2 is 1.92 bits per heavy atom. The average Bonchev–Trinajstić information content (AvgIpc) is 2.08. The molecule has 0 aliphatic carbocycles. The Hall–Kier alpha value is -0.0200. The SMILES string of the molecule is CCc1cc(O)c(C)c(Br)c1Br. The van der Waals surface area contributed by atoms with Crippen molar-refractivity contribution in [3.05, 3.63) is 26.1 Å². The van der Waals surface area contributed by atoms with Crippen LogP contribution in [0.2, 0.25) is 0 Å². The minimum Gasteiger partial charge on any atom is -0.508 e. The van der Waals surface area contributed by atoms with Crippen molar-refractivity contribution in [1.29, 1.82) is 0 Å². The molecule has 3 heteroatoms. The summed E-state index contributed by atoms with van der Waals surface area (Å²) in [4.78, 5) is 0. The summed E-state index contributed by atoms with van der Waals surface area (Å²) < 4.78 is 1.99. The van der Waals surface area contributed by atoms with Crippen molar-refractivity contribution >= 4 is 31.9 Å². The van der Waals surface area contributed by atoms with E-state index in [1.807, 2.05) is 6.92 Å². The van der Waals surface area contributed by atoms with Crippen LogP contribution in [-0.2, 0) is 6.42 Å². The molecule has 0 saturated heterocycles. The highest BCUT2D eigenvalue weighted by Gasteiger charge is 2.09. The van der Waals surface area contributed by atoms with Gasteiger partial charge in [0.1, 0.15) is 5.75 Å². The summed E-state index contributed by atoms with van der Waals surface area (Å²) in [5.74, 6) is 0.349. The minimum atomic E-state index is 0.349. The molecule has 0 unspecified atom stereocenters. The van der Waals surface area contributed by atoms with Crippen molar-refractivity contribution < 1.29 is 5.11 Å². The van der Waals surface area contributed by atoms with E-state index in [1.165, 1.54) is 0 Å². The molecule has 1 aromatic rings. The maximum absolute atomic E-state index is 9.49. The Bertz CT molecular complexity index is 308. The first-order valence-corrected chi connectivity index (χ1v) is 5.33. The zero-order valence-electron chi connectivity index (χ0n) is 6.99. The number of hydrogen-bond donors (Lipinski definition) is 1. The average molecular weight is 294 g/mol. The maximum Gasteiger partial charge on any atom is 0.119 e. The van der Waals surface area contributed by atoms with Crippen molar-refractivity contribution in [3.8, 4) is 5.75 Å². The molecule has 0 fully saturated rings. The molecule has 0 aromatic heterocycles. The summed E-state index contributed by atoms with van der Waals surface area (Å²) in [6, 6.07) is 1.80. The van der Waals surface area contributed by atoms with Crippen LogP contribution in [-0.4, -0.2) is 5.11 Å². The van der Waals surface area contributed by atoms with Gasteiger partial charge < -0.3 is 5.11 Å². The molecular formula is C9H10Br2O. The molecule has 0 bridgehead atoms. The molecule has 66 valence electrons. The zero-order valence-corrected chi connectivity index (χ0v) is 10.2. The van der Waals surface area contributed by atoms with Gasteiger partial charge in [0, 0.05) is 14.5 Å². The normalized spacial score (nSPS) is 10.3. The maximum atomic E-state index is 9.49. The molecule has 0 radical (unpaired) electrons. The van der Waals surface area contributed by atoms with Crippen LogP contribution in [0.4, 0.5) is 0 Å². The Balaban J connectivity index is 3.39. The van der Waals surface area contributed by atoms with Gasteiger partial charge in [-0.3, -0.25) is 0 Å². The van der Waals surface area contributed by atoms with Crippen molar-refractivity contribution in [2.75, 3.05) is 0 Å². The molecule has 12 heavy (non-hydrogen) atoms. The van der Waals surface area contributed by atoms with Gasteiger partial charge >= 0.3 is 0 Å². The predicted octanol–water partition coefficient (Wildman–Crippen LogP) is 3.79. The van der Waals surface area contributed by atoms with E-state index < -0.39 is 0 Å². The van der Waals surface area contributed by atoms with Gasteiger partial charge in [0.2, 0.25) is 0 Å². The fourth-order valence-corrected chi connectivity index (χ4v) is 2.16. The lowest BCUT2D eigenvalue weighted by atomic mass is 10.1. The van der Waals surface area contributed by atoms with Gasteiger partial charge in [-0.15, -0.1) is 0 Å². The molecule has 1 rings (SSSR count). The van der Waals surface area contributed by atoms with Crippen LogP contribution in [0.15, 0.2) is 15.0 Å². The third-order valence-electron chi connectivity index (χ3n) is 1.88. The van der Waals surface area contributed by atoms with Gasteiger partial charge in [0.15, 0.2) is 0 Å². The van der Waals surface area contributed by atoms with Crippen LogP contribution >= 0.6 is 31.9 Å². The van der Waals surface area contributed by atoms with E-state index in [9.17, 15) is 5.11 Å². The van der Waals surface area contributed by atoms with Crippen LogP contribution in [0, 0.1) is 6.92 Å². The smallest absolute Gasteiger partial charge is 0.119 e. The van der Waals surface area contributed by atoms with Gasteiger partial charge in [0.05, 0.1) is 0 Å². The van der Waals surface area contributed by atoms with Gasteiger partial charge in [0.25, 0.3) is 0 Å².